The van der Waals surface area contributed by atoms with E-state index in [1.54, 1.807) is 0 Å². The monoisotopic (exact) mass is 563 g/mol. The van der Waals surface area contributed by atoms with Crippen LogP contribution < -0.4 is 0 Å². The van der Waals surface area contributed by atoms with E-state index in [-0.39, 0.29) is 89.1 Å². The Labute approximate surface area is 258 Å². The fourth-order valence-corrected chi connectivity index (χ4v) is 6.51. The lowest BCUT2D eigenvalue weighted by Gasteiger charge is -2.40. The molecule has 0 saturated heterocycles. The van der Waals surface area contributed by atoms with Gasteiger partial charge in [-0.25, -0.2) is 0 Å². The summed E-state index contributed by atoms with van der Waals surface area (Å²) in [4.78, 5) is 0. The molecule has 4 aliphatic rings. The van der Waals surface area contributed by atoms with Gasteiger partial charge < -0.3 is 0 Å². The van der Waals surface area contributed by atoms with Gasteiger partial charge >= 0.3 is 0 Å². The third-order valence-corrected chi connectivity index (χ3v) is 9.52. The zero-order chi connectivity index (χ0) is 20.6. The van der Waals surface area contributed by atoms with Crippen molar-refractivity contribution >= 4 is 0 Å². The van der Waals surface area contributed by atoms with Gasteiger partial charge in [-0.2, -0.15) is 0 Å². The fourth-order valence-electron chi connectivity index (χ4n) is 6.51. The van der Waals surface area contributed by atoms with Gasteiger partial charge in [0.25, 0.3) is 0 Å². The third-order valence-electron chi connectivity index (χ3n) is 9.52. The maximum absolute atomic E-state index is 2.54. The lowest BCUT2D eigenvalue weighted by atomic mass is 9.64. The molecule has 0 aromatic rings. The normalized spacial score (nSPS) is 29.5. The van der Waals surface area contributed by atoms with Crippen LogP contribution in [0, 0.1) is 37.9 Å². The highest BCUT2D eigenvalue weighted by Gasteiger charge is 2.59. The minimum Gasteiger partial charge on any atom is -0.0820 e. The van der Waals surface area contributed by atoms with Gasteiger partial charge in [0.1, 0.15) is 0 Å². The van der Waals surface area contributed by atoms with Gasteiger partial charge in [-0.1, -0.05) is 183 Å². The second-order valence-corrected chi connectivity index (χ2v) is 13.9. The summed E-state index contributed by atoms with van der Waals surface area (Å²) < 4.78 is 0. The Hall–Kier alpha value is -0.520. The van der Waals surface area contributed by atoms with Crippen LogP contribution in [-0.2, 0) is 0 Å². The lowest BCUT2D eigenvalue weighted by Crippen LogP contribution is -2.32. The summed E-state index contributed by atoms with van der Waals surface area (Å²) in [7, 11) is 0. The van der Waals surface area contributed by atoms with E-state index in [9.17, 15) is 0 Å². The quantitative estimate of drug-likeness (QED) is 0.257. The zero-order valence-corrected chi connectivity index (χ0v) is 20.1. The van der Waals surface area contributed by atoms with Gasteiger partial charge in [-0.3, -0.25) is 0 Å². The minimum absolute atomic E-state index is 0. The molecule has 250 valence electrons. The standard InChI is InChI=1S/C15H26.C12H20.12CH4/c1-12(2,3)14-7-9-15(11-14,10-8-14)13(4,5)6;1-10(2,3)12-7-5-11(4,9-12)6-8-12;;;;;;;;;;;;/h7,9H,8,10-11H2,1-6H3;5,7H,6,8-9H2,1-4H3;12*1H4. The molecule has 2 saturated carbocycles. The Bertz CT molecular complexity index is 613. The molecule has 4 rings (SSSR count). The Kier molecular flexibility index (Phi) is 32.2. The highest BCUT2D eigenvalue weighted by molar-refractivity contribution is 5.27. The number of rotatable bonds is 0. The van der Waals surface area contributed by atoms with Gasteiger partial charge in [-0.15, -0.1) is 0 Å². The molecule has 0 nitrogen and oxygen atoms in total. The van der Waals surface area contributed by atoms with E-state index < -0.39 is 0 Å². The predicted molar refractivity (Wildman–Crippen MR) is 201 cm³/mol. The number of allylic oxidation sites excluding steroid dienone is 4. The molecule has 0 N–H and O–H groups in total. The van der Waals surface area contributed by atoms with Crippen LogP contribution >= 0.6 is 0 Å². The van der Waals surface area contributed by atoms with Gasteiger partial charge in [0.15, 0.2) is 0 Å². The highest BCUT2D eigenvalue weighted by Crippen LogP contribution is 2.68. The molecule has 0 aromatic carbocycles. The first-order valence-corrected chi connectivity index (χ1v) is 11.4. The van der Waals surface area contributed by atoms with E-state index in [2.05, 4.69) is 93.5 Å². The van der Waals surface area contributed by atoms with Crippen LogP contribution in [0.15, 0.2) is 24.3 Å². The number of hydrogen-bond donors (Lipinski definition) is 0. The summed E-state index contributed by atoms with van der Waals surface area (Å²) in [6, 6.07) is 0. The van der Waals surface area contributed by atoms with Crippen LogP contribution in [0.3, 0.4) is 0 Å². The van der Waals surface area contributed by atoms with E-state index >= 15 is 0 Å². The van der Waals surface area contributed by atoms with Crippen molar-refractivity contribution in [2.24, 2.45) is 37.9 Å². The van der Waals surface area contributed by atoms with Crippen LogP contribution in [-0.4, -0.2) is 0 Å². The Morgan fingerprint density at radius 2 is 0.590 bits per heavy atom. The molecule has 0 aliphatic heterocycles. The summed E-state index contributed by atoms with van der Waals surface area (Å²) >= 11 is 0. The average molecular weight is 563 g/mol. The fraction of sp³-hybridized carbons (Fsp3) is 0.897. The second kappa shape index (κ2) is 18.8. The molecule has 4 unspecified atom stereocenters. The molecule has 39 heavy (non-hydrogen) atoms. The van der Waals surface area contributed by atoms with Gasteiger partial charge in [0.2, 0.25) is 0 Å². The summed E-state index contributed by atoms with van der Waals surface area (Å²) in [5.74, 6) is 0. The summed E-state index contributed by atoms with van der Waals surface area (Å²) in [6.45, 7) is 24.0. The van der Waals surface area contributed by atoms with Crippen molar-refractivity contribution in [2.45, 2.75) is 197 Å². The Balaban J connectivity index is -0.0000000416. The second-order valence-electron chi connectivity index (χ2n) is 13.9. The van der Waals surface area contributed by atoms with Crippen LogP contribution in [0.1, 0.15) is 197 Å². The highest BCUT2D eigenvalue weighted by atomic mass is 14.6. The van der Waals surface area contributed by atoms with E-state index in [1.165, 1.54) is 38.5 Å². The van der Waals surface area contributed by atoms with Crippen molar-refractivity contribution < 1.29 is 0 Å². The molecule has 0 radical (unpaired) electrons. The minimum atomic E-state index is 0. The average Bonchev–Trinajstić information content (AvgIpc) is 3.22. The molecule has 2 fully saturated rings. The third kappa shape index (κ3) is 10.7. The van der Waals surface area contributed by atoms with E-state index in [4.69, 9.17) is 0 Å². The number of hydrogen-bond acceptors (Lipinski definition) is 0. The molecular formula is C39H94. The smallest absolute Gasteiger partial charge is 0.00608 e. The Morgan fingerprint density at radius 3 is 0.692 bits per heavy atom. The van der Waals surface area contributed by atoms with Gasteiger partial charge in [-0.05, 0) is 76.4 Å². The number of fused-ring (bicyclic) bond motifs is 4. The first kappa shape index (κ1) is 66.6. The first-order valence-electron chi connectivity index (χ1n) is 11.4. The van der Waals surface area contributed by atoms with Crippen molar-refractivity contribution in [3.05, 3.63) is 24.3 Å². The SMILES string of the molecule is C.C.C.C.C.C.C.C.C.C.C.C.CC(C)(C)C12C=CC(C(C)(C)C)(CC1)C2.CC12C=CC(C(C)(C)C)(CC1)C2. The largest absolute Gasteiger partial charge is 0.0820 e. The first-order chi connectivity index (χ1) is 12.0. The molecule has 4 aliphatic carbocycles. The molecule has 0 spiro atoms. The van der Waals surface area contributed by atoms with Crippen LogP contribution in [0.4, 0.5) is 0 Å². The molecule has 0 amide bonds. The van der Waals surface area contributed by atoms with Crippen molar-refractivity contribution in [2.75, 3.05) is 0 Å². The van der Waals surface area contributed by atoms with E-state index in [0.29, 0.717) is 37.9 Å². The van der Waals surface area contributed by atoms with Gasteiger partial charge in [0.05, 0.1) is 0 Å². The summed E-state index contributed by atoms with van der Waals surface area (Å²) in [5.41, 5.74) is 3.35. The summed E-state index contributed by atoms with van der Waals surface area (Å²) in [5, 5.41) is 0. The molecule has 4 bridgehead atoms. The van der Waals surface area contributed by atoms with Crippen molar-refractivity contribution in [1.82, 2.24) is 0 Å². The zero-order valence-electron chi connectivity index (χ0n) is 20.1. The maximum Gasteiger partial charge on any atom is -0.00608 e. The van der Waals surface area contributed by atoms with E-state index in [0.717, 1.165) is 0 Å². The molecule has 0 aromatic heterocycles. The van der Waals surface area contributed by atoms with Crippen LogP contribution in [0.5, 0.6) is 0 Å². The molecule has 0 heteroatoms. The van der Waals surface area contributed by atoms with Crippen LogP contribution in [0.25, 0.3) is 0 Å². The lowest BCUT2D eigenvalue weighted by molar-refractivity contribution is 0.116. The Morgan fingerprint density at radius 1 is 0.359 bits per heavy atom. The van der Waals surface area contributed by atoms with E-state index in [1.807, 2.05) is 0 Å². The predicted octanol–water partition coefficient (Wildman–Crippen LogP) is 16.2. The maximum atomic E-state index is 2.54. The molecule has 0 heterocycles. The molecular weight excluding hydrogens is 468 g/mol. The van der Waals surface area contributed by atoms with Crippen molar-refractivity contribution in [1.29, 1.82) is 0 Å². The topological polar surface area (TPSA) is 0 Å². The van der Waals surface area contributed by atoms with Crippen LogP contribution in [0.2, 0.25) is 0 Å². The van der Waals surface area contributed by atoms with Crippen molar-refractivity contribution in [3.8, 4) is 0 Å². The summed E-state index contributed by atoms with van der Waals surface area (Å²) in [6.07, 6.45) is 18.4. The van der Waals surface area contributed by atoms with Crippen molar-refractivity contribution in [3.63, 3.8) is 0 Å². The molecule has 4 atom stereocenters. The van der Waals surface area contributed by atoms with Gasteiger partial charge in [0, 0.05) is 0 Å².